The maximum absolute atomic E-state index is 11.9. The van der Waals surface area contributed by atoms with Crippen molar-refractivity contribution in [3.05, 3.63) is 45.1 Å². The van der Waals surface area contributed by atoms with Gasteiger partial charge in [-0.15, -0.1) is 0 Å². The molecule has 0 radical (unpaired) electrons. The number of H-pyrrole nitrogens is 1. The number of hydrogen-bond acceptors (Lipinski definition) is 2. The zero-order valence-electron chi connectivity index (χ0n) is 9.55. The molecule has 0 unspecified atom stereocenters. The van der Waals surface area contributed by atoms with E-state index >= 15 is 0 Å². The lowest BCUT2D eigenvalue weighted by Gasteiger charge is -2.08. The molecule has 0 saturated carbocycles. The number of aromatic amines is 1. The third kappa shape index (κ3) is 2.68. The van der Waals surface area contributed by atoms with Gasteiger partial charge in [0.05, 0.1) is 5.69 Å². The highest BCUT2D eigenvalue weighted by Crippen LogP contribution is 2.29. The van der Waals surface area contributed by atoms with Crippen LogP contribution in [-0.4, -0.2) is 10.9 Å². The molecular formula is C12H11BrClN3O. The van der Waals surface area contributed by atoms with Crippen LogP contribution < -0.4 is 11.1 Å². The monoisotopic (exact) mass is 327 g/mol. The zero-order chi connectivity index (χ0) is 13.3. The van der Waals surface area contributed by atoms with E-state index in [2.05, 4.69) is 26.2 Å². The maximum atomic E-state index is 11.9. The van der Waals surface area contributed by atoms with Gasteiger partial charge in [0, 0.05) is 21.4 Å². The molecule has 1 aromatic heterocycles. The van der Waals surface area contributed by atoms with Crippen LogP contribution in [0.25, 0.3) is 0 Å². The van der Waals surface area contributed by atoms with Crippen LogP contribution in [0.1, 0.15) is 16.1 Å². The van der Waals surface area contributed by atoms with Crippen LogP contribution in [0.15, 0.2) is 28.9 Å². The average Bonchev–Trinajstić information content (AvgIpc) is 2.73. The van der Waals surface area contributed by atoms with Crippen LogP contribution in [-0.2, 0) is 0 Å². The maximum Gasteiger partial charge on any atom is 0.272 e. The number of hydrogen-bond donors (Lipinski definition) is 3. The fourth-order valence-electron chi connectivity index (χ4n) is 1.47. The van der Waals surface area contributed by atoms with E-state index in [1.54, 1.807) is 18.3 Å². The molecule has 6 heteroatoms. The standard InChI is InChI=1S/C12H11BrClN3O/c1-6-2-8(13)10(4-9(6)14)17-12(18)11-3-7(15)5-16-11/h2-5,16H,15H2,1H3,(H,17,18). The Kier molecular flexibility index (Phi) is 3.63. The summed E-state index contributed by atoms with van der Waals surface area (Å²) in [6.45, 7) is 1.89. The Morgan fingerprint density at radius 3 is 2.78 bits per heavy atom. The van der Waals surface area contributed by atoms with E-state index in [4.69, 9.17) is 17.3 Å². The highest BCUT2D eigenvalue weighted by atomic mass is 79.9. The minimum atomic E-state index is -0.271. The first-order valence-corrected chi connectivity index (χ1v) is 6.35. The van der Waals surface area contributed by atoms with Gasteiger partial charge < -0.3 is 16.0 Å². The molecule has 4 nitrogen and oxygen atoms in total. The van der Waals surface area contributed by atoms with E-state index < -0.39 is 0 Å². The van der Waals surface area contributed by atoms with Gasteiger partial charge >= 0.3 is 0 Å². The summed E-state index contributed by atoms with van der Waals surface area (Å²) >= 11 is 9.40. The molecule has 0 aliphatic carbocycles. The number of anilines is 2. The molecule has 0 fully saturated rings. The van der Waals surface area contributed by atoms with Gasteiger partial charge in [-0.05, 0) is 46.6 Å². The van der Waals surface area contributed by atoms with Crippen LogP contribution >= 0.6 is 27.5 Å². The number of nitrogen functional groups attached to an aromatic ring is 1. The van der Waals surface area contributed by atoms with Crippen molar-refractivity contribution in [3.8, 4) is 0 Å². The molecule has 0 atom stereocenters. The van der Waals surface area contributed by atoms with Gasteiger partial charge in [0.1, 0.15) is 5.69 Å². The van der Waals surface area contributed by atoms with Crippen molar-refractivity contribution < 1.29 is 4.79 Å². The van der Waals surface area contributed by atoms with Gasteiger partial charge in [-0.2, -0.15) is 0 Å². The predicted molar refractivity (Wildman–Crippen MR) is 77.0 cm³/mol. The Morgan fingerprint density at radius 1 is 1.44 bits per heavy atom. The number of carbonyl (C=O) groups excluding carboxylic acids is 1. The quantitative estimate of drug-likeness (QED) is 0.788. The van der Waals surface area contributed by atoms with E-state index in [0.29, 0.717) is 22.1 Å². The molecule has 94 valence electrons. The molecule has 0 aliphatic rings. The Balaban J connectivity index is 2.24. The summed E-state index contributed by atoms with van der Waals surface area (Å²) in [7, 11) is 0. The summed E-state index contributed by atoms with van der Waals surface area (Å²) in [6, 6.07) is 5.12. The number of amides is 1. The molecule has 0 saturated heterocycles. The number of benzene rings is 1. The molecule has 1 aromatic carbocycles. The average molecular weight is 329 g/mol. The Bertz CT molecular complexity index is 609. The summed E-state index contributed by atoms with van der Waals surface area (Å²) < 4.78 is 0.775. The van der Waals surface area contributed by atoms with Gasteiger partial charge in [-0.25, -0.2) is 0 Å². The van der Waals surface area contributed by atoms with E-state index in [1.165, 1.54) is 0 Å². The highest BCUT2D eigenvalue weighted by molar-refractivity contribution is 9.10. The Hall–Kier alpha value is -1.46. The van der Waals surface area contributed by atoms with Gasteiger partial charge in [0.15, 0.2) is 0 Å². The second-order valence-corrected chi connectivity index (χ2v) is 5.14. The van der Waals surface area contributed by atoms with Crippen molar-refractivity contribution in [2.45, 2.75) is 6.92 Å². The number of rotatable bonds is 2. The summed E-state index contributed by atoms with van der Waals surface area (Å²) in [5.41, 5.74) is 8.01. The SMILES string of the molecule is Cc1cc(Br)c(NC(=O)c2cc(N)c[nH]2)cc1Cl. The molecule has 4 N–H and O–H groups in total. The third-order valence-electron chi connectivity index (χ3n) is 2.45. The van der Waals surface area contributed by atoms with Crippen LogP contribution in [0.5, 0.6) is 0 Å². The van der Waals surface area contributed by atoms with Crippen molar-refractivity contribution in [1.29, 1.82) is 0 Å². The molecule has 18 heavy (non-hydrogen) atoms. The number of carbonyl (C=O) groups is 1. The normalized spacial score (nSPS) is 10.4. The van der Waals surface area contributed by atoms with E-state index in [1.807, 2.05) is 13.0 Å². The molecular weight excluding hydrogens is 318 g/mol. The lowest BCUT2D eigenvalue weighted by Crippen LogP contribution is -2.12. The van der Waals surface area contributed by atoms with Crippen LogP contribution in [0.4, 0.5) is 11.4 Å². The molecule has 1 amide bonds. The fourth-order valence-corrected chi connectivity index (χ4v) is 2.19. The second kappa shape index (κ2) is 5.04. The van der Waals surface area contributed by atoms with E-state index in [-0.39, 0.29) is 5.91 Å². The molecule has 0 spiro atoms. The lowest BCUT2D eigenvalue weighted by atomic mass is 10.2. The van der Waals surface area contributed by atoms with Gasteiger partial charge in [0.2, 0.25) is 0 Å². The van der Waals surface area contributed by atoms with Crippen LogP contribution in [0, 0.1) is 6.92 Å². The first kappa shape index (κ1) is 13.0. The third-order valence-corrected chi connectivity index (χ3v) is 3.51. The van der Waals surface area contributed by atoms with Gasteiger partial charge in [-0.1, -0.05) is 11.6 Å². The first-order valence-electron chi connectivity index (χ1n) is 5.18. The van der Waals surface area contributed by atoms with Crippen molar-refractivity contribution in [2.75, 3.05) is 11.1 Å². The van der Waals surface area contributed by atoms with Crippen LogP contribution in [0.3, 0.4) is 0 Å². The summed E-state index contributed by atoms with van der Waals surface area (Å²) in [5.74, 6) is -0.271. The number of nitrogens with two attached hydrogens (primary N) is 1. The van der Waals surface area contributed by atoms with Crippen molar-refractivity contribution >= 4 is 44.8 Å². The molecule has 0 aliphatic heterocycles. The largest absolute Gasteiger partial charge is 0.397 e. The second-order valence-electron chi connectivity index (χ2n) is 3.88. The zero-order valence-corrected chi connectivity index (χ0v) is 11.9. The van der Waals surface area contributed by atoms with Gasteiger partial charge in [-0.3, -0.25) is 4.79 Å². The predicted octanol–water partition coefficient (Wildman–Crippen LogP) is 3.57. The topological polar surface area (TPSA) is 70.9 Å². The summed E-state index contributed by atoms with van der Waals surface area (Å²) in [4.78, 5) is 14.7. The highest BCUT2D eigenvalue weighted by Gasteiger charge is 2.11. The van der Waals surface area contributed by atoms with Crippen molar-refractivity contribution in [1.82, 2.24) is 4.98 Å². The van der Waals surface area contributed by atoms with E-state index in [0.717, 1.165) is 10.0 Å². The first-order chi connectivity index (χ1) is 8.47. The minimum absolute atomic E-state index is 0.271. The minimum Gasteiger partial charge on any atom is -0.397 e. The number of nitrogens with one attached hydrogen (secondary N) is 2. The number of halogens is 2. The fraction of sp³-hybridized carbons (Fsp3) is 0.0833. The van der Waals surface area contributed by atoms with E-state index in [9.17, 15) is 4.79 Å². The molecule has 1 heterocycles. The van der Waals surface area contributed by atoms with Crippen LogP contribution in [0.2, 0.25) is 5.02 Å². The smallest absolute Gasteiger partial charge is 0.272 e. The Labute approximate surface area is 118 Å². The van der Waals surface area contributed by atoms with Crippen molar-refractivity contribution in [3.63, 3.8) is 0 Å². The van der Waals surface area contributed by atoms with Gasteiger partial charge in [0.25, 0.3) is 5.91 Å². The molecule has 2 rings (SSSR count). The summed E-state index contributed by atoms with van der Waals surface area (Å²) in [5, 5.41) is 3.35. The molecule has 2 aromatic rings. The summed E-state index contributed by atoms with van der Waals surface area (Å²) in [6.07, 6.45) is 1.56. The Morgan fingerprint density at radius 2 is 2.17 bits per heavy atom. The molecule has 0 bridgehead atoms. The lowest BCUT2D eigenvalue weighted by molar-refractivity contribution is 0.102. The number of aromatic nitrogens is 1. The van der Waals surface area contributed by atoms with Crippen molar-refractivity contribution in [2.24, 2.45) is 0 Å². The number of aryl methyl sites for hydroxylation is 1.